The lowest BCUT2D eigenvalue weighted by molar-refractivity contribution is 0.395. The lowest BCUT2D eigenvalue weighted by Crippen LogP contribution is -2.38. The minimum absolute atomic E-state index is 0.101. The van der Waals surface area contributed by atoms with Crippen molar-refractivity contribution >= 4 is 44.4 Å². The zero-order valence-corrected chi connectivity index (χ0v) is 18.9. The van der Waals surface area contributed by atoms with Gasteiger partial charge in [0.15, 0.2) is 0 Å². The molecule has 1 aliphatic rings. The van der Waals surface area contributed by atoms with Crippen LogP contribution in [-0.2, 0) is 0 Å². The maximum Gasteiger partial charge on any atom is 0.227 e. The maximum absolute atomic E-state index is 6.02. The highest BCUT2D eigenvalue weighted by Crippen LogP contribution is 2.52. The summed E-state index contributed by atoms with van der Waals surface area (Å²) in [5.74, 6) is 0. The molecule has 3 nitrogen and oxygen atoms in total. The number of pyridine rings is 1. The predicted molar refractivity (Wildman–Crippen MR) is 129 cm³/mol. The molecule has 1 aliphatic heterocycles. The summed E-state index contributed by atoms with van der Waals surface area (Å²) in [4.78, 5) is 8.28. The maximum atomic E-state index is 6.02. The van der Waals surface area contributed by atoms with Gasteiger partial charge in [0, 0.05) is 33.3 Å². The largest absolute Gasteiger partial charge is 0.438 e. The molecule has 0 N–H and O–H groups in total. The zero-order chi connectivity index (χ0) is 21.0. The van der Waals surface area contributed by atoms with Crippen LogP contribution in [0.4, 0.5) is 5.69 Å². The standard InChI is InChI=1S/C26H26N2OS/c1-16-14-22-20(19-12-9-13-27-24(19)29-22)15-21(16)28-17(2)23(18-10-7-6-8-11-18)30-25(28)26(3,4)5/h6-15,25H,1-5H3. The first-order chi connectivity index (χ1) is 14.3. The fourth-order valence-electron chi connectivity index (χ4n) is 4.28. The first-order valence-electron chi connectivity index (χ1n) is 10.3. The number of aromatic nitrogens is 1. The summed E-state index contributed by atoms with van der Waals surface area (Å²) < 4.78 is 6.02. The second kappa shape index (κ2) is 6.92. The van der Waals surface area contributed by atoms with Gasteiger partial charge in [0.05, 0.1) is 5.37 Å². The number of hydrogen-bond donors (Lipinski definition) is 0. The van der Waals surface area contributed by atoms with Crippen molar-refractivity contribution in [2.75, 3.05) is 4.90 Å². The molecule has 3 heterocycles. The molecule has 30 heavy (non-hydrogen) atoms. The average molecular weight is 415 g/mol. The van der Waals surface area contributed by atoms with Crippen molar-refractivity contribution in [2.24, 2.45) is 5.41 Å². The van der Waals surface area contributed by atoms with Crippen LogP contribution < -0.4 is 4.90 Å². The van der Waals surface area contributed by atoms with Crippen LogP contribution in [0.25, 0.3) is 27.0 Å². The van der Waals surface area contributed by atoms with Gasteiger partial charge in [0.25, 0.3) is 0 Å². The number of thioether (sulfide) groups is 1. The summed E-state index contributed by atoms with van der Waals surface area (Å²) in [6.45, 7) is 11.4. The number of hydrogen-bond acceptors (Lipinski definition) is 4. The Morgan fingerprint density at radius 3 is 2.47 bits per heavy atom. The fraction of sp³-hybridized carbons (Fsp3) is 0.269. The van der Waals surface area contributed by atoms with Crippen molar-refractivity contribution in [3.63, 3.8) is 0 Å². The van der Waals surface area contributed by atoms with Crippen molar-refractivity contribution in [1.82, 2.24) is 4.98 Å². The van der Waals surface area contributed by atoms with E-state index in [9.17, 15) is 0 Å². The van der Waals surface area contributed by atoms with Crippen LogP contribution in [0.15, 0.2) is 70.9 Å². The number of nitrogens with zero attached hydrogens (tertiary/aromatic N) is 2. The van der Waals surface area contributed by atoms with E-state index in [-0.39, 0.29) is 5.41 Å². The van der Waals surface area contributed by atoms with Crippen molar-refractivity contribution in [3.8, 4) is 0 Å². The minimum atomic E-state index is 0.101. The Morgan fingerprint density at radius 1 is 0.967 bits per heavy atom. The topological polar surface area (TPSA) is 29.3 Å². The summed E-state index contributed by atoms with van der Waals surface area (Å²) >= 11 is 1.97. The molecule has 0 amide bonds. The summed E-state index contributed by atoms with van der Waals surface area (Å²) in [5, 5.41) is 2.50. The van der Waals surface area contributed by atoms with Gasteiger partial charge in [-0.3, -0.25) is 0 Å². The third-order valence-corrected chi connectivity index (χ3v) is 7.66. The molecule has 0 saturated heterocycles. The van der Waals surface area contributed by atoms with Crippen molar-refractivity contribution in [3.05, 3.63) is 77.6 Å². The van der Waals surface area contributed by atoms with E-state index in [4.69, 9.17) is 4.42 Å². The van der Waals surface area contributed by atoms with E-state index in [1.54, 1.807) is 6.20 Å². The number of fused-ring (bicyclic) bond motifs is 3. The Balaban J connectivity index is 1.73. The molecule has 5 rings (SSSR count). The van der Waals surface area contributed by atoms with Crippen LogP contribution in [0, 0.1) is 12.3 Å². The Morgan fingerprint density at radius 2 is 1.73 bits per heavy atom. The Labute approximate surface area is 181 Å². The van der Waals surface area contributed by atoms with Gasteiger partial charge in [-0.15, -0.1) is 0 Å². The molecular weight excluding hydrogens is 388 g/mol. The van der Waals surface area contributed by atoms with E-state index in [0.717, 1.165) is 16.4 Å². The number of rotatable bonds is 2. The molecule has 4 heteroatoms. The van der Waals surface area contributed by atoms with E-state index in [0.29, 0.717) is 11.1 Å². The molecule has 1 unspecified atom stereocenters. The van der Waals surface area contributed by atoms with Crippen molar-refractivity contribution in [2.45, 2.75) is 40.0 Å². The monoisotopic (exact) mass is 414 g/mol. The molecule has 4 aromatic rings. The van der Waals surface area contributed by atoms with Crippen molar-refractivity contribution in [1.29, 1.82) is 0 Å². The highest BCUT2D eigenvalue weighted by Gasteiger charge is 2.40. The summed E-state index contributed by atoms with van der Waals surface area (Å²) in [5.41, 5.74) is 6.74. The number of anilines is 1. The Hall–Kier alpha value is -2.72. The van der Waals surface area contributed by atoms with Gasteiger partial charge >= 0.3 is 0 Å². The molecular formula is C26H26N2OS. The molecule has 0 fully saturated rings. The molecule has 2 aromatic carbocycles. The minimum Gasteiger partial charge on any atom is -0.438 e. The fourth-order valence-corrected chi connectivity index (χ4v) is 5.77. The van der Waals surface area contributed by atoms with Gasteiger partial charge in [-0.25, -0.2) is 4.98 Å². The Bertz CT molecular complexity index is 1280. The van der Waals surface area contributed by atoms with Gasteiger partial charge < -0.3 is 9.32 Å². The summed E-state index contributed by atoms with van der Waals surface area (Å²) in [6.07, 6.45) is 1.78. The van der Waals surface area contributed by atoms with E-state index in [1.807, 2.05) is 17.8 Å². The lowest BCUT2D eigenvalue weighted by Gasteiger charge is -2.37. The van der Waals surface area contributed by atoms with Crippen LogP contribution in [0.3, 0.4) is 0 Å². The van der Waals surface area contributed by atoms with E-state index >= 15 is 0 Å². The number of allylic oxidation sites excluding steroid dienone is 1. The second-order valence-corrected chi connectivity index (χ2v) is 10.2. The van der Waals surface area contributed by atoms with Crippen LogP contribution >= 0.6 is 11.8 Å². The smallest absolute Gasteiger partial charge is 0.227 e. The SMILES string of the molecule is CC1=C(c2ccccc2)SC(C(C)(C)C)N1c1cc2c(cc1C)oc1ncccc12. The molecule has 2 aromatic heterocycles. The van der Waals surface area contributed by atoms with Crippen LogP contribution in [0.1, 0.15) is 38.8 Å². The zero-order valence-electron chi connectivity index (χ0n) is 18.1. The average Bonchev–Trinajstić information content (AvgIpc) is 3.25. The molecule has 0 saturated carbocycles. The molecule has 0 radical (unpaired) electrons. The number of benzene rings is 2. The second-order valence-electron chi connectivity index (χ2n) is 9.08. The molecule has 0 bridgehead atoms. The third kappa shape index (κ3) is 3.02. The highest BCUT2D eigenvalue weighted by atomic mass is 32.2. The molecule has 1 atom stereocenters. The van der Waals surface area contributed by atoms with Gasteiger partial charge in [0.1, 0.15) is 5.58 Å². The van der Waals surface area contributed by atoms with Gasteiger partial charge in [0.2, 0.25) is 5.71 Å². The van der Waals surface area contributed by atoms with E-state index in [2.05, 4.69) is 93.0 Å². The molecule has 152 valence electrons. The Kier molecular flexibility index (Phi) is 4.44. The van der Waals surface area contributed by atoms with Gasteiger partial charge in [-0.2, -0.15) is 0 Å². The van der Waals surface area contributed by atoms with Gasteiger partial charge in [-0.1, -0.05) is 62.9 Å². The first kappa shape index (κ1) is 19.3. The summed E-state index contributed by atoms with van der Waals surface area (Å²) in [7, 11) is 0. The summed E-state index contributed by atoms with van der Waals surface area (Å²) in [6, 6.07) is 19.2. The normalized spacial score (nSPS) is 17.5. The number of furan rings is 1. The lowest BCUT2D eigenvalue weighted by atomic mass is 9.94. The van der Waals surface area contributed by atoms with Crippen LogP contribution in [0.5, 0.6) is 0 Å². The van der Waals surface area contributed by atoms with E-state index in [1.165, 1.54) is 27.4 Å². The van der Waals surface area contributed by atoms with Crippen LogP contribution in [-0.4, -0.2) is 10.4 Å². The van der Waals surface area contributed by atoms with Crippen molar-refractivity contribution < 1.29 is 4.42 Å². The molecule has 0 spiro atoms. The quantitative estimate of drug-likeness (QED) is 0.338. The molecule has 0 aliphatic carbocycles. The number of aryl methyl sites for hydroxylation is 1. The van der Waals surface area contributed by atoms with E-state index < -0.39 is 0 Å². The first-order valence-corrected chi connectivity index (χ1v) is 11.2. The predicted octanol–water partition coefficient (Wildman–Crippen LogP) is 7.60. The van der Waals surface area contributed by atoms with Crippen LogP contribution in [0.2, 0.25) is 0 Å². The third-order valence-electron chi connectivity index (χ3n) is 5.76. The van der Waals surface area contributed by atoms with Gasteiger partial charge in [-0.05, 0) is 54.7 Å². The highest BCUT2D eigenvalue weighted by molar-refractivity contribution is 8.09.